The Morgan fingerprint density at radius 2 is 1.91 bits per heavy atom. The van der Waals surface area contributed by atoms with Gasteiger partial charge in [-0.2, -0.15) is 0 Å². The van der Waals surface area contributed by atoms with E-state index < -0.39 is 11.4 Å². The van der Waals surface area contributed by atoms with Crippen molar-refractivity contribution >= 4 is 15.9 Å². The molecule has 0 aromatic rings. The molecule has 4 saturated heterocycles. The minimum absolute atomic E-state index is 0.306. The molecule has 0 amide bonds. The van der Waals surface area contributed by atoms with Gasteiger partial charge in [0.1, 0.15) is 5.76 Å². The van der Waals surface area contributed by atoms with Crippen molar-refractivity contribution in [3.8, 4) is 0 Å². The summed E-state index contributed by atoms with van der Waals surface area (Å²) in [5, 5.41) is 0. The zero-order valence-electron chi connectivity index (χ0n) is 13.7. The average Bonchev–Trinajstić information content (AvgIpc) is 2.69. The highest BCUT2D eigenvalue weighted by Crippen LogP contribution is 2.61. The summed E-state index contributed by atoms with van der Waals surface area (Å²) in [6.45, 7) is 8.58. The van der Waals surface area contributed by atoms with Gasteiger partial charge in [0, 0.05) is 28.7 Å². The first-order valence-electron chi connectivity index (χ1n) is 8.45. The molecule has 2 bridgehead atoms. The maximum atomic E-state index is 6.32. The van der Waals surface area contributed by atoms with Gasteiger partial charge >= 0.3 is 0 Å². The minimum Gasteiger partial charge on any atom is -0.465 e. The number of hydrogen-bond acceptors (Lipinski definition) is 4. The zero-order valence-corrected chi connectivity index (χ0v) is 15.3. The van der Waals surface area contributed by atoms with Crippen LogP contribution >= 0.6 is 15.9 Å². The molecule has 124 valence electrons. The number of halogens is 1. The van der Waals surface area contributed by atoms with Crippen molar-refractivity contribution in [1.29, 1.82) is 0 Å². The molecule has 22 heavy (non-hydrogen) atoms. The Kier molecular flexibility index (Phi) is 3.47. The summed E-state index contributed by atoms with van der Waals surface area (Å²) in [5.74, 6) is 2.04. The largest absolute Gasteiger partial charge is 0.465 e. The Morgan fingerprint density at radius 1 is 1.14 bits per heavy atom. The van der Waals surface area contributed by atoms with Gasteiger partial charge in [-0.15, -0.1) is 0 Å². The topological polar surface area (TPSA) is 36.9 Å². The fourth-order valence-electron chi connectivity index (χ4n) is 5.19. The first-order valence-corrected chi connectivity index (χ1v) is 9.24. The highest BCUT2D eigenvalue weighted by atomic mass is 79.9. The van der Waals surface area contributed by atoms with E-state index in [2.05, 4.69) is 29.8 Å². The second-order valence-electron chi connectivity index (χ2n) is 7.71. The second-order valence-corrected chi connectivity index (χ2v) is 8.90. The van der Waals surface area contributed by atoms with Crippen LogP contribution in [0.25, 0.3) is 0 Å². The molecule has 0 aromatic heterocycles. The van der Waals surface area contributed by atoms with Gasteiger partial charge < -0.3 is 9.47 Å². The summed E-state index contributed by atoms with van der Waals surface area (Å²) in [5.41, 5.74) is -0.459. The summed E-state index contributed by atoms with van der Waals surface area (Å²) in [6.07, 6.45) is 3.93. The number of ether oxygens (including phenoxy) is 2. The van der Waals surface area contributed by atoms with E-state index in [9.17, 15) is 0 Å². The molecule has 0 unspecified atom stereocenters. The lowest BCUT2D eigenvalue weighted by Crippen LogP contribution is -2.68. The fourth-order valence-corrected chi connectivity index (χ4v) is 5.64. The average molecular weight is 373 g/mol. The summed E-state index contributed by atoms with van der Waals surface area (Å²) < 4.78 is 13.7. The minimum atomic E-state index is -0.691. The van der Waals surface area contributed by atoms with Crippen molar-refractivity contribution in [2.45, 2.75) is 71.1 Å². The van der Waals surface area contributed by atoms with Gasteiger partial charge in [-0.05, 0) is 39.0 Å². The normalized spacial score (nSPS) is 56.0. The van der Waals surface area contributed by atoms with Crippen LogP contribution in [0.2, 0.25) is 0 Å². The molecule has 7 atom stereocenters. The van der Waals surface area contributed by atoms with Gasteiger partial charge in [0.05, 0.1) is 0 Å². The van der Waals surface area contributed by atoms with E-state index in [1.165, 1.54) is 6.42 Å². The Hall–Kier alpha value is -0.100. The van der Waals surface area contributed by atoms with E-state index in [1.807, 2.05) is 13.8 Å². The van der Waals surface area contributed by atoms with Crippen LogP contribution in [0.1, 0.15) is 53.4 Å². The van der Waals surface area contributed by atoms with Crippen LogP contribution in [0.15, 0.2) is 10.2 Å². The third-order valence-electron chi connectivity index (χ3n) is 6.37. The molecule has 1 spiro atoms. The lowest BCUT2D eigenvalue weighted by atomic mass is 9.58. The number of allylic oxidation sites excluding steroid dienone is 2. The van der Waals surface area contributed by atoms with Crippen LogP contribution in [0.4, 0.5) is 0 Å². The lowest BCUT2D eigenvalue weighted by molar-refractivity contribution is -0.562. The van der Waals surface area contributed by atoms with Crippen molar-refractivity contribution < 1.29 is 19.2 Å². The smallest absolute Gasteiger partial charge is 0.235 e. The third-order valence-corrected chi connectivity index (χ3v) is 6.76. The number of hydrogen-bond donors (Lipinski definition) is 0. The first kappa shape index (κ1) is 15.4. The molecule has 1 saturated carbocycles. The molecule has 4 aliphatic heterocycles. The summed E-state index contributed by atoms with van der Waals surface area (Å²) in [7, 11) is 0. The highest BCUT2D eigenvalue weighted by Gasteiger charge is 2.69. The van der Waals surface area contributed by atoms with Crippen LogP contribution in [-0.2, 0) is 19.2 Å². The van der Waals surface area contributed by atoms with Crippen LogP contribution in [-0.4, -0.2) is 17.7 Å². The van der Waals surface area contributed by atoms with E-state index in [0.717, 1.165) is 29.5 Å². The number of rotatable bonds is 0. The molecule has 0 aromatic carbocycles. The van der Waals surface area contributed by atoms with Crippen molar-refractivity contribution in [1.82, 2.24) is 0 Å². The Labute approximate surface area is 140 Å². The standard InChI is InChI=1S/C17H25BrO4/c1-9-5-6-13-10(2)14(11(3)18)19-15-17(13)12(9)7-8-16(4,20-15)21-22-17/h9-10,12-13,15H,5-8H2,1-4H3/b14-11-/t9-,10-,12+,13+,15-,16+,17-/m1/s1. The Balaban J connectivity index is 1.84. The first-order chi connectivity index (χ1) is 10.4. The molecular formula is C17H25BrO4. The Bertz CT molecular complexity index is 517. The van der Waals surface area contributed by atoms with Crippen LogP contribution < -0.4 is 0 Å². The molecule has 1 aliphatic carbocycles. The summed E-state index contributed by atoms with van der Waals surface area (Å²) in [6, 6.07) is 0. The van der Waals surface area contributed by atoms with Gasteiger partial charge in [0.15, 0.2) is 5.60 Å². The van der Waals surface area contributed by atoms with Crippen molar-refractivity contribution in [3.63, 3.8) is 0 Å². The highest BCUT2D eigenvalue weighted by molar-refractivity contribution is 9.11. The predicted octanol–water partition coefficient (Wildman–Crippen LogP) is 4.49. The Morgan fingerprint density at radius 3 is 2.64 bits per heavy atom. The van der Waals surface area contributed by atoms with E-state index in [-0.39, 0.29) is 6.29 Å². The molecule has 4 nitrogen and oxygen atoms in total. The van der Waals surface area contributed by atoms with Crippen LogP contribution in [0, 0.1) is 23.7 Å². The van der Waals surface area contributed by atoms with E-state index in [4.69, 9.17) is 19.2 Å². The maximum Gasteiger partial charge on any atom is 0.235 e. The fraction of sp³-hybridized carbons (Fsp3) is 0.882. The van der Waals surface area contributed by atoms with Gasteiger partial charge in [-0.25, -0.2) is 9.78 Å². The van der Waals surface area contributed by atoms with Gasteiger partial charge in [-0.3, -0.25) is 0 Å². The molecule has 5 heteroatoms. The molecular weight excluding hydrogens is 348 g/mol. The summed E-state index contributed by atoms with van der Waals surface area (Å²) >= 11 is 3.61. The summed E-state index contributed by atoms with van der Waals surface area (Å²) in [4.78, 5) is 11.9. The van der Waals surface area contributed by atoms with Crippen LogP contribution in [0.5, 0.6) is 0 Å². The zero-order chi connectivity index (χ0) is 15.7. The second kappa shape index (κ2) is 4.95. The van der Waals surface area contributed by atoms with E-state index in [1.54, 1.807) is 0 Å². The van der Waals surface area contributed by atoms with Crippen molar-refractivity contribution in [2.24, 2.45) is 23.7 Å². The van der Waals surface area contributed by atoms with Crippen LogP contribution in [0.3, 0.4) is 0 Å². The molecule has 5 fully saturated rings. The monoisotopic (exact) mass is 372 g/mol. The SMILES string of the molecule is C/C(Br)=C1/O[C@@H]2O[C@]3(C)CC[C@H]4[C@H](C)CC[C@@H]([C@H]1C)[C@@]24OO3. The van der Waals surface area contributed by atoms with Crippen molar-refractivity contribution in [2.75, 3.05) is 0 Å². The van der Waals surface area contributed by atoms with E-state index in [0.29, 0.717) is 23.7 Å². The molecule has 4 heterocycles. The molecule has 5 rings (SSSR count). The third kappa shape index (κ3) is 1.92. The van der Waals surface area contributed by atoms with Gasteiger partial charge in [0.2, 0.25) is 12.1 Å². The van der Waals surface area contributed by atoms with Gasteiger partial charge in [0.25, 0.3) is 0 Å². The predicted molar refractivity (Wildman–Crippen MR) is 84.7 cm³/mol. The maximum absolute atomic E-state index is 6.32. The van der Waals surface area contributed by atoms with E-state index >= 15 is 0 Å². The van der Waals surface area contributed by atoms with Gasteiger partial charge in [-0.1, -0.05) is 29.8 Å². The van der Waals surface area contributed by atoms with Crippen molar-refractivity contribution in [3.05, 3.63) is 10.2 Å². The molecule has 0 N–H and O–H groups in total. The number of fused-ring (bicyclic) bond motifs is 2. The molecule has 5 aliphatic rings. The lowest BCUT2D eigenvalue weighted by Gasteiger charge is -2.59. The quantitative estimate of drug-likeness (QED) is 0.586. The molecule has 0 radical (unpaired) electrons.